The van der Waals surface area contributed by atoms with Crippen molar-refractivity contribution in [2.45, 2.75) is 32.2 Å². The zero-order valence-electron chi connectivity index (χ0n) is 11.3. The maximum atomic E-state index is 8.70. The van der Waals surface area contributed by atoms with E-state index in [2.05, 4.69) is 34.6 Å². The molecule has 102 valence electrons. The number of hydrogen-bond acceptors (Lipinski definition) is 3. The van der Waals surface area contributed by atoms with Crippen LogP contribution in [0.15, 0.2) is 36.7 Å². The van der Waals surface area contributed by atoms with E-state index in [-0.39, 0.29) is 0 Å². The summed E-state index contributed by atoms with van der Waals surface area (Å²) in [5.41, 5.74) is 1.33. The second-order valence-electron chi connectivity index (χ2n) is 4.83. The number of unbranched alkanes of at least 4 members (excludes halogenated alkanes) is 3. The Labute approximate surface area is 114 Å². The van der Waals surface area contributed by atoms with Crippen LogP contribution in [0.4, 0.5) is 0 Å². The van der Waals surface area contributed by atoms with Crippen LogP contribution < -0.4 is 5.32 Å². The normalized spacial score (nSPS) is 11.0. The quantitative estimate of drug-likeness (QED) is 0.716. The fourth-order valence-corrected chi connectivity index (χ4v) is 2.28. The summed E-state index contributed by atoms with van der Waals surface area (Å²) in [7, 11) is 0. The molecule has 0 saturated heterocycles. The van der Waals surface area contributed by atoms with Gasteiger partial charge in [0.25, 0.3) is 0 Å². The van der Waals surface area contributed by atoms with Crippen molar-refractivity contribution in [2.75, 3.05) is 13.2 Å². The molecule has 0 aliphatic rings. The van der Waals surface area contributed by atoms with E-state index in [1.54, 1.807) is 0 Å². The third-order valence-electron chi connectivity index (χ3n) is 3.35. The highest BCUT2D eigenvalue weighted by Gasteiger charge is 1.99. The van der Waals surface area contributed by atoms with Crippen LogP contribution in [0, 0.1) is 0 Å². The summed E-state index contributed by atoms with van der Waals surface area (Å²) in [6, 6.07) is 8.43. The lowest BCUT2D eigenvalue weighted by Gasteiger charge is -2.08. The van der Waals surface area contributed by atoms with Crippen LogP contribution in [0.3, 0.4) is 0 Å². The van der Waals surface area contributed by atoms with Gasteiger partial charge in [-0.2, -0.15) is 0 Å². The Morgan fingerprint density at radius 1 is 1.05 bits per heavy atom. The van der Waals surface area contributed by atoms with Gasteiger partial charge in [0.05, 0.1) is 0 Å². The smallest absolute Gasteiger partial charge is 0.0431 e. The maximum absolute atomic E-state index is 8.70. The van der Waals surface area contributed by atoms with E-state index >= 15 is 0 Å². The molecule has 0 bridgehead atoms. The molecule has 1 aromatic carbocycles. The van der Waals surface area contributed by atoms with E-state index in [9.17, 15) is 0 Å². The minimum Gasteiger partial charge on any atom is -0.396 e. The lowest BCUT2D eigenvalue weighted by Crippen LogP contribution is -2.14. The molecular weight excluding hydrogens is 236 g/mol. The van der Waals surface area contributed by atoms with Crippen LogP contribution in [0.25, 0.3) is 10.8 Å². The molecule has 0 unspecified atom stereocenters. The number of aliphatic hydroxyl groups is 1. The maximum Gasteiger partial charge on any atom is 0.0431 e. The topological polar surface area (TPSA) is 45.1 Å². The molecular formula is C16H22N2O. The molecule has 0 spiro atoms. The molecule has 1 heterocycles. The number of hydrogen-bond donors (Lipinski definition) is 2. The summed E-state index contributed by atoms with van der Waals surface area (Å²) in [5, 5.41) is 14.7. The van der Waals surface area contributed by atoms with Gasteiger partial charge in [0.2, 0.25) is 0 Å². The van der Waals surface area contributed by atoms with Crippen molar-refractivity contribution in [1.82, 2.24) is 10.3 Å². The number of nitrogens with zero attached hydrogens (tertiary/aromatic N) is 1. The minimum atomic E-state index is 0.317. The lowest BCUT2D eigenvalue weighted by molar-refractivity contribution is 0.282. The van der Waals surface area contributed by atoms with Crippen molar-refractivity contribution in [3.05, 3.63) is 42.2 Å². The van der Waals surface area contributed by atoms with E-state index in [1.165, 1.54) is 29.2 Å². The van der Waals surface area contributed by atoms with Gasteiger partial charge in [-0.3, -0.25) is 4.98 Å². The molecule has 0 fully saturated rings. The van der Waals surface area contributed by atoms with E-state index in [4.69, 9.17) is 5.11 Å². The van der Waals surface area contributed by atoms with Gasteiger partial charge < -0.3 is 10.4 Å². The highest BCUT2D eigenvalue weighted by Crippen LogP contribution is 2.17. The van der Waals surface area contributed by atoms with Gasteiger partial charge >= 0.3 is 0 Å². The first-order chi connectivity index (χ1) is 9.42. The summed E-state index contributed by atoms with van der Waals surface area (Å²) < 4.78 is 0. The van der Waals surface area contributed by atoms with E-state index in [1.807, 2.05) is 12.4 Å². The second-order valence-corrected chi connectivity index (χ2v) is 4.83. The Balaban J connectivity index is 1.78. The molecule has 3 nitrogen and oxygen atoms in total. The van der Waals surface area contributed by atoms with Gasteiger partial charge in [-0.1, -0.05) is 31.0 Å². The summed E-state index contributed by atoms with van der Waals surface area (Å²) in [6.45, 7) is 2.26. The number of fused-ring (bicyclic) bond motifs is 1. The molecule has 2 aromatic rings. The number of benzene rings is 1. The Hall–Kier alpha value is -1.45. The van der Waals surface area contributed by atoms with Crippen molar-refractivity contribution < 1.29 is 5.11 Å². The van der Waals surface area contributed by atoms with E-state index < -0.39 is 0 Å². The average Bonchev–Trinajstić information content (AvgIpc) is 2.46. The van der Waals surface area contributed by atoms with Crippen molar-refractivity contribution >= 4 is 10.8 Å². The Kier molecular flexibility index (Phi) is 5.79. The number of aliphatic hydroxyl groups excluding tert-OH is 1. The minimum absolute atomic E-state index is 0.317. The highest BCUT2D eigenvalue weighted by atomic mass is 16.2. The van der Waals surface area contributed by atoms with Crippen LogP contribution in [0.2, 0.25) is 0 Å². The van der Waals surface area contributed by atoms with Crippen molar-refractivity contribution in [1.29, 1.82) is 0 Å². The Bertz CT molecular complexity index is 494. The monoisotopic (exact) mass is 258 g/mol. The number of rotatable bonds is 8. The second kappa shape index (κ2) is 7.87. The Morgan fingerprint density at radius 2 is 1.95 bits per heavy atom. The third kappa shape index (κ3) is 4.30. The molecule has 0 saturated carbocycles. The SMILES string of the molecule is OCCCCCCNCc1cccc2cnccc12. The zero-order chi connectivity index (χ0) is 13.3. The predicted molar refractivity (Wildman–Crippen MR) is 79.0 cm³/mol. The van der Waals surface area contributed by atoms with Gasteiger partial charge in [-0.15, -0.1) is 0 Å². The number of nitrogens with one attached hydrogen (secondary N) is 1. The average molecular weight is 258 g/mol. The van der Waals surface area contributed by atoms with Crippen LogP contribution in [0.5, 0.6) is 0 Å². The van der Waals surface area contributed by atoms with E-state index in [0.29, 0.717) is 6.61 Å². The van der Waals surface area contributed by atoms with Crippen LogP contribution in [0.1, 0.15) is 31.2 Å². The van der Waals surface area contributed by atoms with Crippen LogP contribution in [-0.4, -0.2) is 23.2 Å². The van der Waals surface area contributed by atoms with Crippen LogP contribution in [-0.2, 0) is 6.54 Å². The number of aromatic nitrogens is 1. The first kappa shape index (κ1) is 14.0. The predicted octanol–water partition coefficient (Wildman–Crippen LogP) is 2.88. The van der Waals surface area contributed by atoms with Gasteiger partial charge in [-0.05, 0) is 36.4 Å². The lowest BCUT2D eigenvalue weighted by atomic mass is 10.1. The highest BCUT2D eigenvalue weighted by molar-refractivity contribution is 5.84. The van der Waals surface area contributed by atoms with Crippen molar-refractivity contribution in [3.63, 3.8) is 0 Å². The molecule has 2 rings (SSSR count). The van der Waals surface area contributed by atoms with Gasteiger partial charge in [0, 0.05) is 30.9 Å². The summed E-state index contributed by atoms with van der Waals surface area (Å²) in [5.74, 6) is 0. The van der Waals surface area contributed by atoms with Crippen molar-refractivity contribution in [3.8, 4) is 0 Å². The summed E-state index contributed by atoms with van der Waals surface area (Å²) >= 11 is 0. The largest absolute Gasteiger partial charge is 0.396 e. The standard InChI is InChI=1S/C16H22N2O/c19-11-4-2-1-3-9-17-12-14-6-5-7-15-13-18-10-8-16(14)15/h5-8,10,13,17,19H,1-4,9,11-12H2. The number of pyridine rings is 1. The van der Waals surface area contributed by atoms with E-state index in [0.717, 1.165) is 25.9 Å². The summed E-state index contributed by atoms with van der Waals surface area (Å²) in [4.78, 5) is 4.15. The molecule has 0 aliphatic carbocycles. The molecule has 0 aliphatic heterocycles. The Morgan fingerprint density at radius 3 is 2.84 bits per heavy atom. The molecule has 19 heavy (non-hydrogen) atoms. The van der Waals surface area contributed by atoms with Crippen molar-refractivity contribution in [2.24, 2.45) is 0 Å². The first-order valence-electron chi connectivity index (χ1n) is 7.05. The first-order valence-corrected chi connectivity index (χ1v) is 7.05. The zero-order valence-corrected chi connectivity index (χ0v) is 11.3. The van der Waals surface area contributed by atoms with Gasteiger partial charge in [-0.25, -0.2) is 0 Å². The molecule has 3 heteroatoms. The van der Waals surface area contributed by atoms with Crippen LogP contribution >= 0.6 is 0 Å². The fourth-order valence-electron chi connectivity index (χ4n) is 2.28. The van der Waals surface area contributed by atoms with Gasteiger partial charge in [0.15, 0.2) is 0 Å². The fraction of sp³-hybridized carbons (Fsp3) is 0.438. The van der Waals surface area contributed by atoms with Gasteiger partial charge in [0.1, 0.15) is 0 Å². The molecule has 0 atom stereocenters. The molecule has 2 N–H and O–H groups in total. The molecule has 1 aromatic heterocycles. The molecule has 0 amide bonds. The summed E-state index contributed by atoms with van der Waals surface area (Å²) in [6.07, 6.45) is 8.17. The third-order valence-corrected chi connectivity index (χ3v) is 3.35. The molecule has 0 radical (unpaired) electrons.